The average molecular weight is 946 g/mol. The number of nitrogens with one attached hydrogen (secondary N) is 2. The number of carboxylic acid groups (broad SMARTS) is 1. The lowest BCUT2D eigenvalue weighted by atomic mass is 10.1. The zero-order valence-electron chi connectivity index (χ0n) is 37.5. The van der Waals surface area contributed by atoms with Gasteiger partial charge in [-0.05, 0) is 98.6 Å². The third-order valence-corrected chi connectivity index (χ3v) is 11.5. The van der Waals surface area contributed by atoms with Gasteiger partial charge in [-0.1, -0.05) is 47.9 Å². The van der Waals surface area contributed by atoms with Gasteiger partial charge in [0.15, 0.2) is 11.5 Å². The number of aromatic carboxylic acids is 1. The molecule has 69 heavy (non-hydrogen) atoms. The Morgan fingerprint density at radius 1 is 0.710 bits per heavy atom. The van der Waals surface area contributed by atoms with Crippen molar-refractivity contribution in [2.24, 2.45) is 4.36 Å². The smallest absolute Gasteiger partial charge is 0.337 e. The Hall–Kier alpha value is -9.26. The SMILES string of the molecule is COC(=O)CCc1ccc(S(C)(=O)=NC(=O)c2cnc(N)c(C#Cc3cccc(NC(=O)c4occc4C)c3)c2)cc1.Cc1ccoc1C(=O)Nc1cccc(C#Cc2cc(C(=O)O)cnc2N)c1. The first kappa shape index (κ1) is 49.2. The molecule has 348 valence electrons. The molecule has 17 nitrogen and oxygen atoms in total. The van der Waals surface area contributed by atoms with Crippen LogP contribution in [-0.4, -0.2) is 62.3 Å². The summed E-state index contributed by atoms with van der Waals surface area (Å²) in [7, 11) is -1.75. The van der Waals surface area contributed by atoms with Crippen molar-refractivity contribution in [2.75, 3.05) is 35.5 Å². The second-order valence-corrected chi connectivity index (χ2v) is 17.2. The molecule has 1 unspecified atom stereocenters. The summed E-state index contributed by atoms with van der Waals surface area (Å²) in [6, 6.07) is 26.7. The first-order valence-corrected chi connectivity index (χ1v) is 22.5. The van der Waals surface area contributed by atoms with E-state index in [4.69, 9.17) is 25.4 Å². The van der Waals surface area contributed by atoms with Gasteiger partial charge in [-0.25, -0.2) is 19.0 Å². The van der Waals surface area contributed by atoms with E-state index in [0.29, 0.717) is 39.4 Å². The number of anilines is 4. The highest BCUT2D eigenvalue weighted by Gasteiger charge is 2.16. The Labute approximate surface area is 396 Å². The van der Waals surface area contributed by atoms with Crippen molar-refractivity contribution >= 4 is 62.4 Å². The number of nitrogens with zero attached hydrogens (tertiary/aromatic N) is 3. The average Bonchev–Trinajstić information content (AvgIpc) is 3.98. The summed E-state index contributed by atoms with van der Waals surface area (Å²) in [5.41, 5.74) is 17.0. The number of ether oxygens (including phenoxy) is 1. The highest BCUT2D eigenvalue weighted by Crippen LogP contribution is 2.20. The van der Waals surface area contributed by atoms with E-state index in [-0.39, 0.29) is 64.1 Å². The monoisotopic (exact) mass is 945 g/mol. The third-order valence-electron chi connectivity index (χ3n) is 9.85. The van der Waals surface area contributed by atoms with Gasteiger partial charge in [0.05, 0.1) is 51.6 Å². The predicted octanol–water partition coefficient (Wildman–Crippen LogP) is 7.54. The molecule has 7 rings (SSSR count). The van der Waals surface area contributed by atoms with E-state index >= 15 is 0 Å². The molecule has 3 aromatic carbocycles. The predicted molar refractivity (Wildman–Crippen MR) is 258 cm³/mol. The zero-order chi connectivity index (χ0) is 49.7. The maximum absolute atomic E-state index is 13.3. The van der Waals surface area contributed by atoms with Crippen LogP contribution >= 0.6 is 0 Å². The molecule has 0 aliphatic rings. The number of aromatic nitrogens is 2. The van der Waals surface area contributed by atoms with Gasteiger partial charge in [0.2, 0.25) is 0 Å². The number of amides is 3. The van der Waals surface area contributed by atoms with Crippen LogP contribution in [0.15, 0.2) is 140 Å². The van der Waals surface area contributed by atoms with Gasteiger partial charge in [-0.2, -0.15) is 4.36 Å². The summed E-state index contributed by atoms with van der Waals surface area (Å²) in [4.78, 5) is 68.3. The molecule has 7 aromatic rings. The van der Waals surface area contributed by atoms with Gasteiger partial charge in [0.1, 0.15) is 11.6 Å². The first-order valence-electron chi connectivity index (χ1n) is 20.6. The third kappa shape index (κ3) is 13.4. The van der Waals surface area contributed by atoms with Crippen LogP contribution in [0.25, 0.3) is 0 Å². The maximum atomic E-state index is 13.3. The molecule has 0 saturated carbocycles. The molecule has 0 spiro atoms. The molecule has 3 amide bonds. The molecule has 7 N–H and O–H groups in total. The number of benzene rings is 3. The standard InChI is InChI=1S/C31H28N4O6S.C20H15N3O4/c1-20-15-16-41-28(20)31(38)34-25-6-4-5-22(17-25)7-11-23-18-24(19-33-29(23)32)30(37)35-42(3,39)26-12-8-21(9-13-26)10-14-27(36)40-2;1-12-7-8-27-17(12)19(24)23-16-4-2-3-13(9-16)5-6-14-10-15(20(25)26)11-22-18(14)21/h4-6,8-9,12-13,15-19H,10,14H2,1-3H3,(H2,32,33)(H,34,38);2-4,7-11H,1H3,(H2,21,22)(H,23,24)(H,25,26). The Morgan fingerprint density at radius 3 is 1.67 bits per heavy atom. The number of methoxy groups -OCH3 is 1. The molecule has 0 aliphatic heterocycles. The number of nitrogens with two attached hydrogens (primary N) is 2. The van der Waals surface area contributed by atoms with E-state index < -0.39 is 21.6 Å². The Bertz CT molecular complexity index is 3360. The van der Waals surface area contributed by atoms with Crippen molar-refractivity contribution < 1.29 is 46.9 Å². The normalized spacial score (nSPS) is 11.1. The van der Waals surface area contributed by atoms with Crippen LogP contribution in [0.1, 0.15) is 87.2 Å². The number of aryl methyl sites for hydroxylation is 3. The van der Waals surface area contributed by atoms with Gasteiger partial charge in [0.25, 0.3) is 17.7 Å². The van der Waals surface area contributed by atoms with E-state index in [0.717, 1.165) is 16.7 Å². The molecule has 0 aliphatic carbocycles. The van der Waals surface area contributed by atoms with Crippen LogP contribution in [0.3, 0.4) is 0 Å². The number of hydrogen-bond acceptors (Lipinski definition) is 13. The van der Waals surface area contributed by atoms with Crippen LogP contribution in [0.4, 0.5) is 23.0 Å². The second-order valence-electron chi connectivity index (χ2n) is 15.0. The highest BCUT2D eigenvalue weighted by molar-refractivity contribution is 7.93. The number of carbonyl (C=O) groups excluding carboxylic acids is 4. The van der Waals surface area contributed by atoms with Crippen molar-refractivity contribution in [3.8, 4) is 23.7 Å². The van der Waals surface area contributed by atoms with E-state index in [2.05, 4.69) is 53.4 Å². The minimum absolute atomic E-state index is 0.00308. The summed E-state index contributed by atoms with van der Waals surface area (Å²) < 4.78 is 32.3. The summed E-state index contributed by atoms with van der Waals surface area (Å²) in [5, 5.41) is 14.5. The molecule has 0 fully saturated rings. The van der Waals surface area contributed by atoms with E-state index in [1.54, 1.807) is 98.8 Å². The van der Waals surface area contributed by atoms with E-state index in [9.17, 15) is 28.2 Å². The second kappa shape index (κ2) is 22.3. The lowest BCUT2D eigenvalue weighted by molar-refractivity contribution is -0.140. The lowest BCUT2D eigenvalue weighted by Gasteiger charge is -2.07. The number of furan rings is 2. The molecular weight excluding hydrogens is 903 g/mol. The van der Waals surface area contributed by atoms with E-state index in [1.165, 1.54) is 50.4 Å². The Balaban J connectivity index is 0.000000249. The van der Waals surface area contributed by atoms with E-state index in [1.807, 2.05) is 0 Å². The number of carboxylic acids is 1. The minimum atomic E-state index is -3.07. The fraction of sp³-hybridized carbons (Fsp3) is 0.118. The molecule has 0 saturated heterocycles. The number of hydrogen-bond donors (Lipinski definition) is 5. The quantitative estimate of drug-likeness (QED) is 0.0655. The van der Waals surface area contributed by atoms with Crippen molar-refractivity contribution in [1.82, 2.24) is 9.97 Å². The number of rotatable bonds is 10. The van der Waals surface area contributed by atoms with Gasteiger partial charge < -0.3 is 40.8 Å². The van der Waals surface area contributed by atoms with Crippen LogP contribution in [0, 0.1) is 37.5 Å². The molecule has 1 atom stereocenters. The van der Waals surface area contributed by atoms with Gasteiger partial charge in [-0.15, -0.1) is 0 Å². The largest absolute Gasteiger partial charge is 0.478 e. The van der Waals surface area contributed by atoms with Crippen LogP contribution < -0.4 is 22.1 Å². The van der Waals surface area contributed by atoms with Crippen molar-refractivity contribution in [3.05, 3.63) is 184 Å². The fourth-order valence-corrected chi connectivity index (χ4v) is 7.29. The summed E-state index contributed by atoms with van der Waals surface area (Å²) >= 11 is 0. The molecule has 0 bridgehead atoms. The Kier molecular flexibility index (Phi) is 15.9. The topological polar surface area (TPSA) is 272 Å². The minimum Gasteiger partial charge on any atom is -0.478 e. The Morgan fingerprint density at radius 2 is 1.20 bits per heavy atom. The van der Waals surface area contributed by atoms with Crippen LogP contribution in [-0.2, 0) is 25.7 Å². The number of carbonyl (C=O) groups is 5. The first-order chi connectivity index (χ1) is 33.0. The number of pyridine rings is 2. The maximum Gasteiger partial charge on any atom is 0.337 e. The number of nitrogen functional groups attached to an aromatic ring is 2. The van der Waals surface area contributed by atoms with Crippen LogP contribution in [0.5, 0.6) is 0 Å². The van der Waals surface area contributed by atoms with Gasteiger partial charge in [-0.3, -0.25) is 19.2 Å². The zero-order valence-corrected chi connectivity index (χ0v) is 38.3. The van der Waals surface area contributed by atoms with Gasteiger partial charge in [0, 0.05) is 63.6 Å². The molecule has 18 heteroatoms. The molecular formula is C51H43N7O10S. The molecule has 4 aromatic heterocycles. The van der Waals surface area contributed by atoms with Crippen LogP contribution in [0.2, 0.25) is 0 Å². The number of esters is 1. The lowest BCUT2D eigenvalue weighted by Crippen LogP contribution is -2.12. The van der Waals surface area contributed by atoms with Crippen molar-refractivity contribution in [2.45, 2.75) is 31.6 Å². The highest BCUT2D eigenvalue weighted by atomic mass is 32.2. The molecule has 4 heterocycles. The van der Waals surface area contributed by atoms with Crippen molar-refractivity contribution in [3.63, 3.8) is 0 Å². The summed E-state index contributed by atoms with van der Waals surface area (Å²) in [6.45, 7) is 3.56. The molecule has 0 radical (unpaired) electrons. The van der Waals surface area contributed by atoms with Gasteiger partial charge >= 0.3 is 11.9 Å². The van der Waals surface area contributed by atoms with Crippen molar-refractivity contribution in [1.29, 1.82) is 0 Å². The summed E-state index contributed by atoms with van der Waals surface area (Å²) in [5.74, 6) is 9.38. The fourth-order valence-electron chi connectivity index (χ4n) is 6.12. The summed E-state index contributed by atoms with van der Waals surface area (Å²) in [6.07, 6.45) is 7.40.